The van der Waals surface area contributed by atoms with Gasteiger partial charge >= 0.3 is 5.97 Å². The van der Waals surface area contributed by atoms with Crippen LogP contribution in [-0.2, 0) is 14.4 Å². The lowest BCUT2D eigenvalue weighted by atomic mass is 9.98. The molecule has 0 bridgehead atoms. The standard InChI is InChI=1S/C19H26N2O4S/c1-3-4-5-6-9-13(19(24)25)18(23)21-12-16(17(22)20-2)26-15-11-8-7-10-14(15)21/h7-8,10-11,13,16H,3-6,9,12H2,1-2H3,(H,20,22)(H,24,25). The van der Waals surface area contributed by atoms with Crippen molar-refractivity contribution in [2.75, 3.05) is 18.5 Å². The molecule has 2 N–H and O–H groups in total. The van der Waals surface area contributed by atoms with Crippen LogP contribution in [0.2, 0.25) is 0 Å². The molecule has 1 heterocycles. The first kappa shape index (κ1) is 20.3. The van der Waals surface area contributed by atoms with E-state index in [9.17, 15) is 19.5 Å². The van der Waals surface area contributed by atoms with Gasteiger partial charge in [0.15, 0.2) is 0 Å². The molecule has 142 valence electrons. The number of carboxylic acid groups (broad SMARTS) is 1. The van der Waals surface area contributed by atoms with E-state index in [1.165, 1.54) is 16.7 Å². The number of amides is 2. The summed E-state index contributed by atoms with van der Waals surface area (Å²) in [5.41, 5.74) is 0.683. The van der Waals surface area contributed by atoms with Gasteiger partial charge in [-0.1, -0.05) is 44.7 Å². The maximum atomic E-state index is 13.0. The monoisotopic (exact) mass is 378 g/mol. The van der Waals surface area contributed by atoms with Gasteiger partial charge in [0.25, 0.3) is 0 Å². The van der Waals surface area contributed by atoms with Crippen molar-refractivity contribution in [3.05, 3.63) is 24.3 Å². The molecule has 0 aromatic heterocycles. The topological polar surface area (TPSA) is 86.7 Å². The molecule has 0 saturated carbocycles. The predicted octanol–water partition coefficient (Wildman–Crippen LogP) is 2.91. The molecule has 26 heavy (non-hydrogen) atoms. The Morgan fingerprint density at radius 1 is 1.27 bits per heavy atom. The van der Waals surface area contributed by atoms with Crippen molar-refractivity contribution in [3.8, 4) is 0 Å². The van der Waals surface area contributed by atoms with Crippen LogP contribution in [-0.4, -0.2) is 41.7 Å². The van der Waals surface area contributed by atoms with Crippen molar-refractivity contribution in [3.63, 3.8) is 0 Å². The van der Waals surface area contributed by atoms with Gasteiger partial charge in [-0.2, -0.15) is 0 Å². The van der Waals surface area contributed by atoms with Gasteiger partial charge in [-0.05, 0) is 18.6 Å². The number of para-hydroxylation sites is 1. The van der Waals surface area contributed by atoms with Crippen molar-refractivity contribution in [1.82, 2.24) is 5.32 Å². The Labute approximate surface area is 158 Å². The molecule has 6 nitrogen and oxygen atoms in total. The number of anilines is 1. The van der Waals surface area contributed by atoms with Gasteiger partial charge < -0.3 is 15.3 Å². The van der Waals surface area contributed by atoms with Crippen molar-refractivity contribution < 1.29 is 19.5 Å². The third kappa shape index (κ3) is 4.78. The number of rotatable bonds is 8. The van der Waals surface area contributed by atoms with Crippen LogP contribution in [0.3, 0.4) is 0 Å². The number of aliphatic carboxylic acids is 1. The van der Waals surface area contributed by atoms with Gasteiger partial charge in [0, 0.05) is 18.5 Å². The van der Waals surface area contributed by atoms with Crippen molar-refractivity contribution >= 4 is 35.2 Å². The second-order valence-electron chi connectivity index (χ2n) is 6.38. The summed E-state index contributed by atoms with van der Waals surface area (Å²) < 4.78 is 0. The average Bonchev–Trinajstić information content (AvgIpc) is 2.65. The summed E-state index contributed by atoms with van der Waals surface area (Å²) in [7, 11) is 1.56. The van der Waals surface area contributed by atoms with E-state index in [1.807, 2.05) is 18.2 Å². The molecule has 7 heteroatoms. The third-order valence-corrected chi connectivity index (χ3v) is 5.77. The maximum Gasteiger partial charge on any atom is 0.316 e. The number of carbonyl (C=O) groups is 3. The quantitative estimate of drug-likeness (QED) is 0.536. The molecule has 0 spiro atoms. The Morgan fingerprint density at radius 3 is 2.65 bits per heavy atom. The summed E-state index contributed by atoms with van der Waals surface area (Å²) in [6, 6.07) is 7.32. The number of hydrogen-bond acceptors (Lipinski definition) is 4. The first-order chi connectivity index (χ1) is 12.5. The first-order valence-corrected chi connectivity index (χ1v) is 9.89. The van der Waals surface area contributed by atoms with Gasteiger partial charge in [0.2, 0.25) is 11.8 Å². The second-order valence-corrected chi connectivity index (χ2v) is 7.62. The van der Waals surface area contributed by atoms with Crippen LogP contribution >= 0.6 is 11.8 Å². The zero-order valence-electron chi connectivity index (χ0n) is 15.2. The molecule has 1 aromatic rings. The molecule has 1 aliphatic rings. The molecule has 0 fully saturated rings. The van der Waals surface area contributed by atoms with Gasteiger partial charge in [0.1, 0.15) is 11.2 Å². The van der Waals surface area contributed by atoms with E-state index >= 15 is 0 Å². The van der Waals surface area contributed by atoms with Crippen molar-refractivity contribution in [1.29, 1.82) is 0 Å². The molecule has 2 rings (SSSR count). The van der Waals surface area contributed by atoms with Gasteiger partial charge in [0.05, 0.1) is 5.69 Å². The molecule has 2 atom stereocenters. The summed E-state index contributed by atoms with van der Waals surface area (Å²) in [4.78, 5) is 39.1. The number of fused-ring (bicyclic) bond motifs is 1. The molecular weight excluding hydrogens is 352 g/mol. The number of hydrogen-bond donors (Lipinski definition) is 2. The van der Waals surface area contributed by atoms with E-state index in [4.69, 9.17) is 0 Å². The Hall–Kier alpha value is -2.02. The highest BCUT2D eigenvalue weighted by Gasteiger charge is 2.37. The number of nitrogens with one attached hydrogen (secondary N) is 1. The largest absolute Gasteiger partial charge is 0.481 e. The van der Waals surface area contributed by atoms with Crippen LogP contribution in [0.1, 0.15) is 39.0 Å². The average molecular weight is 378 g/mol. The molecule has 0 radical (unpaired) electrons. The zero-order valence-corrected chi connectivity index (χ0v) is 16.1. The summed E-state index contributed by atoms with van der Waals surface area (Å²) in [6.45, 7) is 2.26. The van der Waals surface area contributed by atoms with Crippen LogP contribution < -0.4 is 10.2 Å². The fourth-order valence-corrected chi connectivity index (χ4v) is 4.27. The number of carbonyl (C=O) groups excluding carboxylic acids is 2. The lowest BCUT2D eigenvalue weighted by molar-refractivity contribution is -0.146. The van der Waals surface area contributed by atoms with E-state index in [0.717, 1.165) is 24.2 Å². The summed E-state index contributed by atoms with van der Waals surface area (Å²) in [5.74, 6) is -2.78. The predicted molar refractivity (Wildman–Crippen MR) is 102 cm³/mol. The summed E-state index contributed by atoms with van der Waals surface area (Å²) >= 11 is 1.40. The number of carboxylic acids is 1. The molecule has 0 saturated heterocycles. The lowest BCUT2D eigenvalue weighted by Crippen LogP contribution is -2.48. The van der Waals surface area contributed by atoms with E-state index in [-0.39, 0.29) is 12.5 Å². The Bertz CT molecular complexity index is 665. The Kier molecular flexibility index (Phi) is 7.50. The Morgan fingerprint density at radius 2 is 2.00 bits per heavy atom. The highest BCUT2D eigenvalue weighted by atomic mass is 32.2. The van der Waals surface area contributed by atoms with Crippen LogP contribution in [0.4, 0.5) is 5.69 Å². The smallest absolute Gasteiger partial charge is 0.316 e. The zero-order chi connectivity index (χ0) is 19.1. The second kappa shape index (κ2) is 9.62. The number of benzene rings is 1. The van der Waals surface area contributed by atoms with Crippen molar-refractivity contribution in [2.45, 2.75) is 49.2 Å². The Balaban J connectivity index is 2.23. The van der Waals surface area contributed by atoms with E-state index in [1.54, 1.807) is 13.1 Å². The van der Waals surface area contributed by atoms with E-state index in [2.05, 4.69) is 12.2 Å². The van der Waals surface area contributed by atoms with Gasteiger partial charge in [-0.3, -0.25) is 14.4 Å². The third-order valence-electron chi connectivity index (χ3n) is 4.52. The van der Waals surface area contributed by atoms with Crippen LogP contribution in [0, 0.1) is 5.92 Å². The molecule has 2 amide bonds. The highest BCUT2D eigenvalue weighted by Crippen LogP contribution is 2.39. The highest BCUT2D eigenvalue weighted by molar-refractivity contribution is 8.00. The normalized spacial score (nSPS) is 17.3. The fraction of sp³-hybridized carbons (Fsp3) is 0.526. The van der Waals surface area contributed by atoms with Crippen LogP contribution in [0.15, 0.2) is 29.2 Å². The molecule has 1 aromatic carbocycles. The fourth-order valence-electron chi connectivity index (χ4n) is 3.06. The minimum Gasteiger partial charge on any atom is -0.481 e. The number of thioether (sulfide) groups is 1. The number of unbranched alkanes of at least 4 members (excludes halogenated alkanes) is 3. The minimum absolute atomic E-state index is 0.169. The molecular formula is C19H26N2O4S. The molecule has 0 aliphatic carbocycles. The molecule has 2 unspecified atom stereocenters. The van der Waals surface area contributed by atoms with Crippen molar-refractivity contribution in [2.24, 2.45) is 5.92 Å². The first-order valence-electron chi connectivity index (χ1n) is 9.01. The van der Waals surface area contributed by atoms with Gasteiger partial charge in [-0.25, -0.2) is 0 Å². The maximum absolute atomic E-state index is 13.0. The summed E-state index contributed by atoms with van der Waals surface area (Å²) in [6.07, 6.45) is 4.03. The van der Waals surface area contributed by atoms with E-state index in [0.29, 0.717) is 18.5 Å². The van der Waals surface area contributed by atoms with Gasteiger partial charge in [-0.15, -0.1) is 11.8 Å². The number of nitrogens with zero attached hydrogens (tertiary/aromatic N) is 1. The van der Waals surface area contributed by atoms with Crippen LogP contribution in [0.25, 0.3) is 0 Å². The van der Waals surface area contributed by atoms with E-state index < -0.39 is 23.0 Å². The lowest BCUT2D eigenvalue weighted by Gasteiger charge is -2.34. The minimum atomic E-state index is -1.10. The van der Waals surface area contributed by atoms with Crippen LogP contribution in [0.5, 0.6) is 0 Å². The summed E-state index contributed by atoms with van der Waals surface area (Å²) in [5, 5.41) is 11.7. The molecule has 1 aliphatic heterocycles. The SMILES string of the molecule is CCCCCCC(C(=O)O)C(=O)N1CC(C(=O)NC)Sc2ccccc21.